The highest BCUT2D eigenvalue weighted by Gasteiger charge is 2.21. The summed E-state index contributed by atoms with van der Waals surface area (Å²) < 4.78 is 6.94. The topological polar surface area (TPSA) is 73.2 Å². The van der Waals surface area contributed by atoms with E-state index in [0.717, 1.165) is 11.3 Å². The van der Waals surface area contributed by atoms with E-state index < -0.39 is 12.6 Å². The van der Waals surface area contributed by atoms with Gasteiger partial charge in [-0.2, -0.15) is 5.10 Å². The number of carbonyl (C=O) groups is 2. The van der Waals surface area contributed by atoms with Crippen molar-refractivity contribution in [2.24, 2.45) is 0 Å². The van der Waals surface area contributed by atoms with Crippen LogP contribution in [0.4, 0.5) is 0 Å². The van der Waals surface area contributed by atoms with E-state index in [0.29, 0.717) is 16.3 Å². The molecule has 1 atom stereocenters. The van der Waals surface area contributed by atoms with Crippen molar-refractivity contribution >= 4 is 23.5 Å². The number of nitrogens with zero attached hydrogens (tertiary/aromatic N) is 2. The largest absolute Gasteiger partial charge is 0.452 e. The van der Waals surface area contributed by atoms with Crippen LogP contribution >= 0.6 is 11.6 Å². The second kappa shape index (κ2) is 10.1. The van der Waals surface area contributed by atoms with Gasteiger partial charge in [-0.15, -0.1) is 0 Å². The predicted molar refractivity (Wildman–Crippen MR) is 127 cm³/mol. The SMILES string of the molecule is CC(NC(=O)COC(=O)c1cn(-c2ccccc2)nc1-c1ccc(Cl)cc1)c1ccccc1. The average molecular weight is 460 g/mol. The zero-order valence-corrected chi connectivity index (χ0v) is 18.7. The van der Waals surface area contributed by atoms with Gasteiger partial charge in [-0.1, -0.05) is 72.3 Å². The minimum atomic E-state index is -0.635. The molecule has 6 nitrogen and oxygen atoms in total. The van der Waals surface area contributed by atoms with Crippen molar-refractivity contribution in [3.63, 3.8) is 0 Å². The van der Waals surface area contributed by atoms with Crippen LogP contribution in [-0.2, 0) is 9.53 Å². The molecule has 0 bridgehead atoms. The summed E-state index contributed by atoms with van der Waals surface area (Å²) in [6, 6.07) is 25.8. The van der Waals surface area contributed by atoms with Gasteiger partial charge in [0.1, 0.15) is 11.3 Å². The fourth-order valence-corrected chi connectivity index (χ4v) is 3.50. The zero-order chi connectivity index (χ0) is 23.2. The summed E-state index contributed by atoms with van der Waals surface area (Å²) in [6.45, 7) is 1.48. The third kappa shape index (κ3) is 5.48. The maximum atomic E-state index is 12.9. The minimum Gasteiger partial charge on any atom is -0.452 e. The summed E-state index contributed by atoms with van der Waals surface area (Å²) in [7, 11) is 0. The maximum absolute atomic E-state index is 12.9. The predicted octanol–water partition coefficient (Wildman–Crippen LogP) is 5.23. The molecule has 4 aromatic rings. The molecule has 1 unspecified atom stereocenters. The molecule has 0 radical (unpaired) electrons. The Hall–Kier alpha value is -3.90. The lowest BCUT2D eigenvalue weighted by Crippen LogP contribution is -2.31. The van der Waals surface area contributed by atoms with E-state index in [1.54, 1.807) is 35.1 Å². The average Bonchev–Trinajstić information content (AvgIpc) is 3.30. The lowest BCUT2D eigenvalue weighted by molar-refractivity contribution is -0.124. The Balaban J connectivity index is 1.51. The van der Waals surface area contributed by atoms with Crippen LogP contribution in [-0.4, -0.2) is 28.3 Å². The van der Waals surface area contributed by atoms with Crippen LogP contribution in [0.1, 0.15) is 28.9 Å². The van der Waals surface area contributed by atoms with Gasteiger partial charge in [-0.05, 0) is 36.8 Å². The van der Waals surface area contributed by atoms with Gasteiger partial charge in [0.25, 0.3) is 5.91 Å². The second-order valence-electron chi connectivity index (χ2n) is 7.45. The van der Waals surface area contributed by atoms with Gasteiger partial charge in [0.2, 0.25) is 0 Å². The van der Waals surface area contributed by atoms with Crippen LogP contribution in [0, 0.1) is 0 Å². The van der Waals surface area contributed by atoms with Crippen molar-refractivity contribution in [3.05, 3.63) is 107 Å². The van der Waals surface area contributed by atoms with Crippen molar-refractivity contribution in [2.45, 2.75) is 13.0 Å². The van der Waals surface area contributed by atoms with Crippen LogP contribution < -0.4 is 5.32 Å². The molecule has 1 amide bonds. The quantitative estimate of drug-likeness (QED) is 0.384. The first kappa shape index (κ1) is 22.3. The van der Waals surface area contributed by atoms with Crippen molar-refractivity contribution in [1.82, 2.24) is 15.1 Å². The number of ether oxygens (including phenoxy) is 1. The van der Waals surface area contributed by atoms with Gasteiger partial charge in [0.15, 0.2) is 6.61 Å². The first-order valence-corrected chi connectivity index (χ1v) is 10.8. The number of hydrogen-bond acceptors (Lipinski definition) is 4. The highest BCUT2D eigenvalue weighted by Crippen LogP contribution is 2.26. The molecule has 0 aliphatic rings. The molecule has 1 aromatic heterocycles. The molecule has 0 fully saturated rings. The number of aromatic nitrogens is 2. The Kier molecular flexibility index (Phi) is 6.86. The summed E-state index contributed by atoms with van der Waals surface area (Å²) in [4.78, 5) is 25.3. The summed E-state index contributed by atoms with van der Waals surface area (Å²) in [5, 5.41) is 8.00. The Bertz CT molecular complexity index is 1240. The number of rotatable bonds is 7. The van der Waals surface area contributed by atoms with Crippen molar-refractivity contribution in [3.8, 4) is 16.9 Å². The highest BCUT2D eigenvalue weighted by molar-refractivity contribution is 6.30. The number of halogens is 1. The van der Waals surface area contributed by atoms with Gasteiger partial charge in [0.05, 0.1) is 11.7 Å². The van der Waals surface area contributed by atoms with Crippen molar-refractivity contribution < 1.29 is 14.3 Å². The van der Waals surface area contributed by atoms with E-state index in [-0.39, 0.29) is 17.5 Å². The van der Waals surface area contributed by atoms with Crippen LogP contribution in [0.2, 0.25) is 5.02 Å². The normalized spacial score (nSPS) is 11.6. The van der Waals surface area contributed by atoms with E-state index in [1.165, 1.54) is 0 Å². The molecule has 7 heteroatoms. The lowest BCUT2D eigenvalue weighted by atomic mass is 10.1. The number of benzene rings is 3. The fraction of sp³-hybridized carbons (Fsp3) is 0.115. The number of hydrogen-bond donors (Lipinski definition) is 1. The van der Waals surface area contributed by atoms with Gasteiger partial charge in [0, 0.05) is 16.8 Å². The molecule has 0 spiro atoms. The standard InChI is InChI=1S/C26H22ClN3O3/c1-18(19-8-4-2-5-9-19)28-24(31)17-33-26(32)23-16-30(22-10-6-3-7-11-22)29-25(23)20-12-14-21(27)15-13-20/h2-16,18H,17H2,1H3,(H,28,31). The molecule has 1 heterocycles. The van der Waals surface area contributed by atoms with Crippen LogP contribution in [0.3, 0.4) is 0 Å². The van der Waals surface area contributed by atoms with E-state index in [1.807, 2.05) is 67.6 Å². The summed E-state index contributed by atoms with van der Waals surface area (Å²) in [5.74, 6) is -1.02. The molecule has 4 rings (SSSR count). The van der Waals surface area contributed by atoms with Crippen molar-refractivity contribution in [1.29, 1.82) is 0 Å². The van der Waals surface area contributed by atoms with Gasteiger partial charge in [-0.25, -0.2) is 9.48 Å². The van der Waals surface area contributed by atoms with E-state index in [2.05, 4.69) is 10.4 Å². The molecule has 33 heavy (non-hydrogen) atoms. The number of amides is 1. The third-order valence-electron chi connectivity index (χ3n) is 5.08. The second-order valence-corrected chi connectivity index (χ2v) is 7.89. The zero-order valence-electron chi connectivity index (χ0n) is 17.9. The summed E-state index contributed by atoms with van der Waals surface area (Å²) in [6.07, 6.45) is 1.60. The maximum Gasteiger partial charge on any atom is 0.342 e. The molecular weight excluding hydrogens is 438 g/mol. The van der Waals surface area contributed by atoms with E-state index >= 15 is 0 Å². The summed E-state index contributed by atoms with van der Waals surface area (Å²) in [5.41, 5.74) is 3.17. The van der Waals surface area contributed by atoms with E-state index in [4.69, 9.17) is 16.3 Å². The number of esters is 1. The molecule has 1 N–H and O–H groups in total. The molecule has 3 aromatic carbocycles. The first-order chi connectivity index (χ1) is 16.0. The molecule has 0 aliphatic heterocycles. The fourth-order valence-electron chi connectivity index (χ4n) is 3.37. The minimum absolute atomic E-state index is 0.206. The Morgan fingerprint density at radius 2 is 1.61 bits per heavy atom. The molecule has 0 aliphatic carbocycles. The highest BCUT2D eigenvalue weighted by atomic mass is 35.5. The van der Waals surface area contributed by atoms with E-state index in [9.17, 15) is 9.59 Å². The van der Waals surface area contributed by atoms with Crippen LogP contribution in [0.25, 0.3) is 16.9 Å². The Morgan fingerprint density at radius 3 is 2.27 bits per heavy atom. The molecule has 0 saturated heterocycles. The van der Waals surface area contributed by atoms with Crippen LogP contribution in [0.5, 0.6) is 0 Å². The molecule has 166 valence electrons. The van der Waals surface area contributed by atoms with Gasteiger partial charge >= 0.3 is 5.97 Å². The third-order valence-corrected chi connectivity index (χ3v) is 5.34. The molecular formula is C26H22ClN3O3. The lowest BCUT2D eigenvalue weighted by Gasteiger charge is -2.14. The van der Waals surface area contributed by atoms with Crippen LogP contribution in [0.15, 0.2) is 91.1 Å². The number of para-hydroxylation sites is 1. The smallest absolute Gasteiger partial charge is 0.342 e. The summed E-state index contributed by atoms with van der Waals surface area (Å²) >= 11 is 6.01. The first-order valence-electron chi connectivity index (χ1n) is 10.4. The molecule has 0 saturated carbocycles. The van der Waals surface area contributed by atoms with Gasteiger partial charge < -0.3 is 10.1 Å². The monoisotopic (exact) mass is 459 g/mol. The number of carbonyl (C=O) groups excluding carboxylic acids is 2. The Labute approximate surface area is 196 Å². The van der Waals surface area contributed by atoms with Gasteiger partial charge in [-0.3, -0.25) is 4.79 Å². The number of nitrogens with one attached hydrogen (secondary N) is 1. The Morgan fingerprint density at radius 1 is 0.970 bits per heavy atom. The van der Waals surface area contributed by atoms with Crippen molar-refractivity contribution in [2.75, 3.05) is 6.61 Å².